The van der Waals surface area contributed by atoms with Gasteiger partial charge >= 0.3 is 0 Å². The van der Waals surface area contributed by atoms with Crippen LogP contribution in [0.5, 0.6) is 0 Å². The number of benzene rings is 1. The fourth-order valence-corrected chi connectivity index (χ4v) is 4.70. The maximum absolute atomic E-state index is 15.3. The minimum Gasteiger partial charge on any atom is -0.328 e. The van der Waals surface area contributed by atoms with Gasteiger partial charge in [-0.25, -0.2) is 9.37 Å². The highest BCUT2D eigenvalue weighted by Gasteiger charge is 2.33. The second kappa shape index (κ2) is 11.4. The van der Waals surface area contributed by atoms with Crippen molar-refractivity contribution < 1.29 is 9.18 Å². The van der Waals surface area contributed by atoms with Gasteiger partial charge in [0.2, 0.25) is 5.91 Å². The zero-order chi connectivity index (χ0) is 25.8. The van der Waals surface area contributed by atoms with Crippen molar-refractivity contribution in [2.75, 3.05) is 18.4 Å². The van der Waals surface area contributed by atoms with Gasteiger partial charge in [-0.05, 0) is 61.8 Å². The summed E-state index contributed by atoms with van der Waals surface area (Å²) in [7, 11) is 0. The molecule has 1 heterocycles. The molecular weight excluding hydrogens is 465 g/mol. The number of anilines is 1. The average molecular weight is 506 g/mol. The van der Waals surface area contributed by atoms with Crippen molar-refractivity contribution >= 4 is 23.3 Å². The van der Waals surface area contributed by atoms with Gasteiger partial charge in [0, 0.05) is 30.4 Å². The van der Waals surface area contributed by atoms with Gasteiger partial charge in [-0.1, -0.05) is 51.8 Å². The van der Waals surface area contributed by atoms with Crippen LogP contribution >= 0.6 is 11.6 Å². The van der Waals surface area contributed by atoms with Crippen molar-refractivity contribution in [3.63, 3.8) is 0 Å². The molecule has 0 saturated heterocycles. The molecule has 1 aromatic heterocycles. The Balaban J connectivity index is 1.62. The van der Waals surface area contributed by atoms with Crippen LogP contribution in [0, 0.1) is 5.41 Å². The molecule has 8 heteroatoms. The van der Waals surface area contributed by atoms with Crippen molar-refractivity contribution in [2.24, 2.45) is 5.41 Å². The third-order valence-corrected chi connectivity index (χ3v) is 6.77. The molecule has 0 aliphatic heterocycles. The molecule has 1 aliphatic rings. The summed E-state index contributed by atoms with van der Waals surface area (Å²) >= 11 is 6.08. The van der Waals surface area contributed by atoms with Gasteiger partial charge in [-0.3, -0.25) is 10.1 Å². The SMILES string of the molecule is CCC[C@H](NC1CCc2cc(Cl)ccc2[C@@H]1F)C(=O)Nc1cn(C(C)(C)CNCC(C)(C)C)cn1. The van der Waals surface area contributed by atoms with Crippen molar-refractivity contribution in [1.29, 1.82) is 0 Å². The monoisotopic (exact) mass is 505 g/mol. The zero-order valence-corrected chi connectivity index (χ0v) is 22.7. The number of fused-ring (bicyclic) bond motifs is 1. The molecule has 0 spiro atoms. The third-order valence-electron chi connectivity index (χ3n) is 6.53. The van der Waals surface area contributed by atoms with E-state index in [1.54, 1.807) is 18.5 Å². The lowest BCUT2D eigenvalue weighted by molar-refractivity contribution is -0.118. The summed E-state index contributed by atoms with van der Waals surface area (Å²) in [5, 5.41) is 10.4. The molecule has 0 saturated carbocycles. The van der Waals surface area contributed by atoms with E-state index in [2.05, 4.69) is 55.6 Å². The Morgan fingerprint density at radius 2 is 2.00 bits per heavy atom. The number of amides is 1. The molecule has 0 radical (unpaired) electrons. The normalized spacial score (nSPS) is 19.3. The molecule has 3 N–H and O–H groups in total. The second-order valence-corrected chi connectivity index (χ2v) is 12.0. The molecule has 35 heavy (non-hydrogen) atoms. The molecule has 1 aliphatic carbocycles. The largest absolute Gasteiger partial charge is 0.328 e. The van der Waals surface area contributed by atoms with Crippen LogP contribution < -0.4 is 16.0 Å². The van der Waals surface area contributed by atoms with Gasteiger partial charge in [0.1, 0.15) is 6.17 Å². The number of carbonyl (C=O) groups excluding carboxylic acids is 1. The minimum atomic E-state index is -1.18. The van der Waals surface area contributed by atoms with Gasteiger partial charge in [-0.2, -0.15) is 0 Å². The molecule has 0 bridgehead atoms. The fourth-order valence-electron chi connectivity index (χ4n) is 4.51. The quantitative estimate of drug-likeness (QED) is 0.391. The van der Waals surface area contributed by atoms with Gasteiger partial charge in [-0.15, -0.1) is 0 Å². The van der Waals surface area contributed by atoms with E-state index in [4.69, 9.17) is 11.6 Å². The number of imidazole rings is 1. The Labute approximate surface area is 214 Å². The van der Waals surface area contributed by atoms with E-state index in [0.29, 0.717) is 29.2 Å². The van der Waals surface area contributed by atoms with E-state index in [0.717, 1.165) is 31.5 Å². The van der Waals surface area contributed by atoms with Gasteiger partial charge < -0.3 is 15.2 Å². The molecule has 3 rings (SSSR count). The van der Waals surface area contributed by atoms with E-state index < -0.39 is 18.3 Å². The lowest BCUT2D eigenvalue weighted by Gasteiger charge is -2.32. The molecule has 1 unspecified atom stereocenters. The highest BCUT2D eigenvalue weighted by Crippen LogP contribution is 2.34. The number of rotatable bonds is 10. The highest BCUT2D eigenvalue weighted by molar-refractivity contribution is 6.30. The molecule has 1 aromatic carbocycles. The first-order valence-corrected chi connectivity index (χ1v) is 13.0. The Kier molecular flexibility index (Phi) is 9.00. The van der Waals surface area contributed by atoms with Crippen molar-refractivity contribution in [3.8, 4) is 0 Å². The molecule has 1 amide bonds. The minimum absolute atomic E-state index is 0.185. The third kappa shape index (κ3) is 7.51. The summed E-state index contributed by atoms with van der Waals surface area (Å²) < 4.78 is 17.3. The summed E-state index contributed by atoms with van der Waals surface area (Å²) in [6.07, 6.45) is 5.20. The standard InChI is InChI=1S/C27H41ClFN5O/c1-7-8-22(32-21-12-9-18-13-19(28)10-11-20(18)24(21)29)25(35)33-23-14-34(17-31-23)27(5,6)16-30-15-26(2,3)4/h10-11,13-14,17,21-22,24,30,32H,7-9,12,15-16H2,1-6H3,(H,33,35)/t21?,22-,24-/m0/s1. The Morgan fingerprint density at radius 1 is 1.26 bits per heavy atom. The van der Waals surface area contributed by atoms with Crippen LogP contribution in [-0.2, 0) is 16.8 Å². The van der Waals surface area contributed by atoms with E-state index in [9.17, 15) is 4.79 Å². The Hall–Kier alpha value is -1.96. The number of aryl methyl sites for hydroxylation is 1. The van der Waals surface area contributed by atoms with Crippen molar-refractivity contribution in [1.82, 2.24) is 20.2 Å². The first-order valence-electron chi connectivity index (χ1n) is 12.6. The van der Waals surface area contributed by atoms with Crippen LogP contribution in [0.15, 0.2) is 30.7 Å². The van der Waals surface area contributed by atoms with Gasteiger partial charge in [0.15, 0.2) is 5.82 Å². The van der Waals surface area contributed by atoms with E-state index in [-0.39, 0.29) is 16.9 Å². The van der Waals surface area contributed by atoms with Crippen molar-refractivity contribution in [2.45, 2.75) is 91.0 Å². The number of nitrogens with one attached hydrogen (secondary N) is 3. The zero-order valence-electron chi connectivity index (χ0n) is 21.9. The first-order chi connectivity index (χ1) is 16.4. The number of alkyl halides is 1. The number of halogens is 2. The molecular formula is C27H41ClFN5O. The van der Waals surface area contributed by atoms with E-state index in [1.807, 2.05) is 23.8 Å². The van der Waals surface area contributed by atoms with E-state index in [1.165, 1.54) is 0 Å². The van der Waals surface area contributed by atoms with Crippen molar-refractivity contribution in [3.05, 3.63) is 46.9 Å². The smallest absolute Gasteiger partial charge is 0.242 e. The van der Waals surface area contributed by atoms with Crippen LogP contribution in [0.2, 0.25) is 5.02 Å². The number of hydrogen-bond acceptors (Lipinski definition) is 4. The topological polar surface area (TPSA) is 71.0 Å². The van der Waals surface area contributed by atoms with Crippen LogP contribution in [0.3, 0.4) is 0 Å². The predicted octanol–water partition coefficient (Wildman–Crippen LogP) is 5.63. The molecule has 194 valence electrons. The summed E-state index contributed by atoms with van der Waals surface area (Å²) in [6.45, 7) is 14.6. The summed E-state index contributed by atoms with van der Waals surface area (Å²) in [6, 6.07) is 4.41. The lowest BCUT2D eigenvalue weighted by Crippen LogP contribution is -2.48. The summed E-state index contributed by atoms with van der Waals surface area (Å²) in [4.78, 5) is 17.5. The Morgan fingerprint density at radius 3 is 2.69 bits per heavy atom. The first kappa shape index (κ1) is 27.6. The molecule has 0 fully saturated rings. The predicted molar refractivity (Wildman–Crippen MR) is 142 cm³/mol. The molecule has 6 nitrogen and oxygen atoms in total. The Bertz CT molecular complexity index is 1000. The highest BCUT2D eigenvalue weighted by atomic mass is 35.5. The summed E-state index contributed by atoms with van der Waals surface area (Å²) in [5.74, 6) is 0.317. The summed E-state index contributed by atoms with van der Waals surface area (Å²) in [5.41, 5.74) is 1.61. The average Bonchev–Trinajstić information content (AvgIpc) is 3.23. The van der Waals surface area contributed by atoms with E-state index >= 15 is 4.39 Å². The van der Waals surface area contributed by atoms with Crippen LogP contribution in [0.25, 0.3) is 0 Å². The lowest BCUT2D eigenvalue weighted by atomic mass is 9.86. The van der Waals surface area contributed by atoms with Crippen LogP contribution in [0.1, 0.15) is 78.1 Å². The van der Waals surface area contributed by atoms with Crippen LogP contribution in [0.4, 0.5) is 10.2 Å². The van der Waals surface area contributed by atoms with Gasteiger partial charge in [0.05, 0.1) is 17.9 Å². The number of hydrogen-bond donors (Lipinski definition) is 3. The fraction of sp³-hybridized carbons (Fsp3) is 0.630. The number of carbonyl (C=O) groups is 1. The number of aromatic nitrogens is 2. The second-order valence-electron chi connectivity index (χ2n) is 11.5. The molecule has 2 aromatic rings. The maximum Gasteiger partial charge on any atom is 0.242 e. The number of nitrogens with zero attached hydrogens (tertiary/aromatic N) is 2. The molecule has 3 atom stereocenters. The van der Waals surface area contributed by atoms with Gasteiger partial charge in [0.25, 0.3) is 0 Å². The maximum atomic E-state index is 15.3. The van der Waals surface area contributed by atoms with Crippen LogP contribution in [-0.4, -0.2) is 40.6 Å².